The number of piperidine rings is 1. The van der Waals surface area contributed by atoms with Gasteiger partial charge in [0.15, 0.2) is 5.69 Å². The van der Waals surface area contributed by atoms with Gasteiger partial charge in [-0.15, -0.1) is 0 Å². The number of likely N-dealkylation sites (N-methyl/N-ethyl adjacent to an activating group) is 1. The van der Waals surface area contributed by atoms with Crippen LogP contribution in [0.15, 0.2) is 30.3 Å². The highest BCUT2D eigenvalue weighted by atomic mass is 16.5. The zero-order chi connectivity index (χ0) is 26.9. The monoisotopic (exact) mass is 532 g/mol. The molecular weight excluding hydrogens is 496 g/mol. The summed E-state index contributed by atoms with van der Waals surface area (Å²) in [4.78, 5) is 35.0. The molecule has 2 N–H and O–H groups in total. The Hall–Kier alpha value is -3.63. The summed E-state index contributed by atoms with van der Waals surface area (Å²) in [6.45, 7) is 8.14. The van der Waals surface area contributed by atoms with Crippen molar-refractivity contribution in [3.8, 4) is 11.5 Å². The summed E-state index contributed by atoms with van der Waals surface area (Å²) in [7, 11) is 2.15. The smallest absolute Gasteiger partial charge is 0.274 e. The van der Waals surface area contributed by atoms with Crippen LogP contribution in [0, 0.1) is 0 Å². The van der Waals surface area contributed by atoms with E-state index >= 15 is 0 Å². The third-order valence-electron chi connectivity index (χ3n) is 8.21. The fraction of sp³-hybridized carbons (Fsp3) is 0.483. The lowest BCUT2D eigenvalue weighted by Crippen LogP contribution is -2.45. The van der Waals surface area contributed by atoms with Gasteiger partial charge in [0.25, 0.3) is 11.8 Å². The number of carbonyl (C=O) groups excluding carboxylic acids is 2. The normalized spacial score (nSPS) is 18.5. The number of ether oxygens (including phenoxy) is 1. The molecule has 6 rings (SSSR count). The van der Waals surface area contributed by atoms with E-state index in [-0.39, 0.29) is 23.1 Å². The minimum absolute atomic E-state index is 0.128. The van der Waals surface area contributed by atoms with Gasteiger partial charge in [0.2, 0.25) is 0 Å². The van der Waals surface area contributed by atoms with Crippen molar-refractivity contribution in [2.24, 2.45) is 0 Å². The molecule has 0 radical (unpaired) electrons. The van der Waals surface area contributed by atoms with E-state index in [2.05, 4.69) is 27.0 Å². The first-order valence-electron chi connectivity index (χ1n) is 13.9. The molecule has 10 heteroatoms. The Morgan fingerprint density at radius 1 is 0.923 bits per heavy atom. The SMILES string of the molecule is CN1CCN(CCOc2ccc3c(c2)CN(C(=O)c2cc4c(C(=O)N5CCCCC5)n[nH]c4cc2O)C3)CC1. The average Bonchev–Trinajstić information content (AvgIpc) is 3.57. The van der Waals surface area contributed by atoms with Gasteiger partial charge in [-0.05, 0) is 55.6 Å². The largest absolute Gasteiger partial charge is 0.507 e. The maximum absolute atomic E-state index is 13.5. The van der Waals surface area contributed by atoms with Crippen molar-refractivity contribution in [1.82, 2.24) is 29.8 Å². The predicted molar refractivity (Wildman–Crippen MR) is 147 cm³/mol. The Morgan fingerprint density at radius 2 is 1.69 bits per heavy atom. The van der Waals surface area contributed by atoms with Gasteiger partial charge in [0.05, 0.1) is 11.1 Å². The van der Waals surface area contributed by atoms with Crippen LogP contribution in [0.1, 0.15) is 51.2 Å². The van der Waals surface area contributed by atoms with E-state index < -0.39 is 0 Å². The number of phenolic OH excluding ortho intramolecular Hbond substituents is 1. The van der Waals surface area contributed by atoms with E-state index in [9.17, 15) is 14.7 Å². The molecule has 2 amide bonds. The highest BCUT2D eigenvalue weighted by molar-refractivity contribution is 6.08. The number of rotatable bonds is 6. The first-order valence-corrected chi connectivity index (χ1v) is 13.9. The third-order valence-corrected chi connectivity index (χ3v) is 8.21. The fourth-order valence-corrected chi connectivity index (χ4v) is 5.77. The summed E-state index contributed by atoms with van der Waals surface area (Å²) >= 11 is 0. The lowest BCUT2D eigenvalue weighted by atomic mass is 10.1. The molecule has 0 unspecified atom stereocenters. The number of aromatic hydroxyl groups is 1. The van der Waals surface area contributed by atoms with E-state index in [0.29, 0.717) is 49.4 Å². The van der Waals surface area contributed by atoms with Crippen molar-refractivity contribution >= 4 is 22.7 Å². The second-order valence-corrected chi connectivity index (χ2v) is 10.9. The van der Waals surface area contributed by atoms with Crippen LogP contribution >= 0.6 is 0 Å². The second kappa shape index (κ2) is 10.9. The molecule has 10 nitrogen and oxygen atoms in total. The summed E-state index contributed by atoms with van der Waals surface area (Å²) in [5, 5.41) is 18.3. The minimum atomic E-state index is -0.277. The number of hydrogen-bond donors (Lipinski definition) is 2. The third kappa shape index (κ3) is 5.31. The number of carbonyl (C=O) groups is 2. The summed E-state index contributed by atoms with van der Waals surface area (Å²) in [6, 6.07) is 9.08. The molecule has 4 heterocycles. The molecule has 2 saturated heterocycles. The van der Waals surface area contributed by atoms with Crippen LogP contribution in [0.2, 0.25) is 0 Å². The van der Waals surface area contributed by atoms with Crippen molar-refractivity contribution < 1.29 is 19.4 Å². The van der Waals surface area contributed by atoms with Crippen LogP contribution < -0.4 is 4.74 Å². The summed E-state index contributed by atoms with van der Waals surface area (Å²) in [6.07, 6.45) is 3.09. The van der Waals surface area contributed by atoms with Crippen LogP contribution in [0.3, 0.4) is 0 Å². The van der Waals surface area contributed by atoms with Crippen LogP contribution in [-0.4, -0.2) is 106 Å². The minimum Gasteiger partial charge on any atom is -0.507 e. The van der Waals surface area contributed by atoms with Gasteiger partial charge in [-0.1, -0.05) is 6.07 Å². The fourth-order valence-electron chi connectivity index (χ4n) is 5.77. The highest BCUT2D eigenvalue weighted by Crippen LogP contribution is 2.32. The number of aromatic nitrogens is 2. The topological polar surface area (TPSA) is 105 Å². The number of piperazine rings is 1. The van der Waals surface area contributed by atoms with Gasteiger partial charge in [0, 0.05) is 70.4 Å². The lowest BCUT2D eigenvalue weighted by Gasteiger charge is -2.32. The number of fused-ring (bicyclic) bond motifs is 2. The van der Waals surface area contributed by atoms with E-state index in [1.165, 1.54) is 6.07 Å². The summed E-state index contributed by atoms with van der Waals surface area (Å²) in [5.74, 6) is 0.261. The quantitative estimate of drug-likeness (QED) is 0.503. The zero-order valence-corrected chi connectivity index (χ0v) is 22.5. The lowest BCUT2D eigenvalue weighted by molar-refractivity contribution is 0.0717. The molecule has 0 saturated carbocycles. The summed E-state index contributed by atoms with van der Waals surface area (Å²) < 4.78 is 6.04. The van der Waals surface area contributed by atoms with E-state index in [0.717, 1.165) is 68.9 Å². The summed E-state index contributed by atoms with van der Waals surface area (Å²) in [5.41, 5.74) is 3.12. The molecule has 1 aromatic heterocycles. The number of amides is 2. The van der Waals surface area contributed by atoms with Crippen molar-refractivity contribution in [2.75, 3.05) is 59.5 Å². The van der Waals surface area contributed by atoms with Gasteiger partial charge in [0.1, 0.15) is 18.1 Å². The number of H-pyrrole nitrogens is 1. The Bertz CT molecular complexity index is 1370. The Morgan fingerprint density at radius 3 is 2.49 bits per heavy atom. The van der Waals surface area contributed by atoms with E-state index in [1.54, 1.807) is 11.0 Å². The maximum atomic E-state index is 13.5. The van der Waals surface area contributed by atoms with Gasteiger partial charge in [-0.25, -0.2) is 0 Å². The predicted octanol–water partition coefficient (Wildman–Crippen LogP) is 2.68. The molecule has 39 heavy (non-hydrogen) atoms. The average molecular weight is 533 g/mol. The molecule has 3 aromatic rings. The molecular formula is C29H36N6O4. The number of nitrogens with zero attached hydrogens (tertiary/aromatic N) is 5. The molecule has 206 valence electrons. The Balaban J connectivity index is 1.13. The molecule has 2 aromatic carbocycles. The number of aromatic amines is 1. The number of benzene rings is 2. The Labute approximate surface area is 228 Å². The van der Waals surface area contributed by atoms with Crippen molar-refractivity contribution in [2.45, 2.75) is 32.4 Å². The highest BCUT2D eigenvalue weighted by Gasteiger charge is 2.29. The van der Waals surface area contributed by atoms with Gasteiger partial charge in [-0.2, -0.15) is 5.10 Å². The maximum Gasteiger partial charge on any atom is 0.274 e. The molecule has 3 aliphatic heterocycles. The number of nitrogens with one attached hydrogen (secondary N) is 1. The zero-order valence-electron chi connectivity index (χ0n) is 22.5. The first kappa shape index (κ1) is 25.6. The molecule has 0 atom stereocenters. The van der Waals surface area contributed by atoms with E-state index in [4.69, 9.17) is 4.74 Å². The van der Waals surface area contributed by atoms with Crippen molar-refractivity contribution in [3.63, 3.8) is 0 Å². The van der Waals surface area contributed by atoms with Crippen LogP contribution in [0.4, 0.5) is 0 Å². The number of likely N-dealkylation sites (tertiary alicyclic amines) is 1. The molecule has 0 bridgehead atoms. The van der Waals surface area contributed by atoms with Crippen LogP contribution in [0.5, 0.6) is 11.5 Å². The van der Waals surface area contributed by atoms with Crippen LogP contribution in [-0.2, 0) is 13.1 Å². The molecule has 2 fully saturated rings. The standard InChI is InChI=1S/C29H36N6O4/c1-32-9-11-33(12-10-32)13-14-39-22-6-5-20-18-35(19-21(20)15-22)28(37)24-16-23-25(17-26(24)36)30-31-27(23)29(38)34-7-3-2-4-8-34/h5-6,15-17,36H,2-4,7-14,18-19H2,1H3,(H,30,31). The first-order chi connectivity index (χ1) is 19.0. The van der Waals surface area contributed by atoms with Crippen molar-refractivity contribution in [3.05, 3.63) is 52.7 Å². The second-order valence-electron chi connectivity index (χ2n) is 10.9. The molecule has 0 aliphatic carbocycles. The van der Waals surface area contributed by atoms with Gasteiger partial charge in [-0.3, -0.25) is 19.6 Å². The number of hydrogen-bond acceptors (Lipinski definition) is 7. The van der Waals surface area contributed by atoms with Gasteiger partial charge < -0.3 is 24.5 Å². The van der Waals surface area contributed by atoms with Crippen LogP contribution in [0.25, 0.3) is 10.9 Å². The van der Waals surface area contributed by atoms with Crippen molar-refractivity contribution in [1.29, 1.82) is 0 Å². The Kier molecular flexibility index (Phi) is 7.14. The molecule has 3 aliphatic rings. The number of phenols is 1. The van der Waals surface area contributed by atoms with E-state index in [1.807, 2.05) is 23.1 Å². The van der Waals surface area contributed by atoms with Gasteiger partial charge >= 0.3 is 0 Å². The molecule has 0 spiro atoms.